The van der Waals surface area contributed by atoms with Crippen molar-refractivity contribution in [3.8, 4) is 0 Å². The third-order valence-corrected chi connectivity index (χ3v) is 2.86. The van der Waals surface area contributed by atoms with Gasteiger partial charge in [0.2, 0.25) is 0 Å². The van der Waals surface area contributed by atoms with Gasteiger partial charge < -0.3 is 0 Å². The van der Waals surface area contributed by atoms with E-state index in [1.54, 1.807) is 0 Å². The second kappa shape index (κ2) is 5.19. The number of rotatable bonds is 5. The van der Waals surface area contributed by atoms with Crippen LogP contribution in [0.25, 0.3) is 0 Å². The number of aryl methyl sites for hydroxylation is 1. The Morgan fingerprint density at radius 3 is 2.21 bits per heavy atom. The number of benzene rings is 1. The maximum Gasteiger partial charge on any atom is -0.0274 e. The van der Waals surface area contributed by atoms with Crippen LogP contribution < -0.4 is 0 Å². The summed E-state index contributed by atoms with van der Waals surface area (Å²) in [5.41, 5.74) is 1.97. The Bertz CT molecular complexity index is 246. The summed E-state index contributed by atoms with van der Waals surface area (Å²) in [5.74, 6) is 0. The van der Waals surface area contributed by atoms with Crippen molar-refractivity contribution in [1.29, 1.82) is 0 Å². The lowest BCUT2D eigenvalue weighted by atomic mass is 9.82. The molecule has 0 aliphatic heterocycles. The van der Waals surface area contributed by atoms with E-state index in [1.807, 2.05) is 0 Å². The molecule has 0 saturated carbocycles. The lowest BCUT2D eigenvalue weighted by Crippen LogP contribution is -2.11. The standard InChI is InChI=1S/C14H22/c1-4-11-14(2,3)12-10-13-8-6-5-7-9-13/h5-9H,4,10-12H2,1-3H3. The molecule has 0 aliphatic carbocycles. The fourth-order valence-corrected chi connectivity index (χ4v) is 1.93. The van der Waals surface area contributed by atoms with Gasteiger partial charge in [-0.05, 0) is 30.2 Å². The van der Waals surface area contributed by atoms with Crippen LogP contribution in [-0.4, -0.2) is 0 Å². The van der Waals surface area contributed by atoms with Crippen molar-refractivity contribution >= 4 is 0 Å². The first-order valence-electron chi connectivity index (χ1n) is 5.68. The molecule has 1 aromatic rings. The van der Waals surface area contributed by atoms with Crippen molar-refractivity contribution in [3.05, 3.63) is 35.9 Å². The smallest absolute Gasteiger partial charge is 0.0274 e. The van der Waals surface area contributed by atoms with E-state index >= 15 is 0 Å². The quantitative estimate of drug-likeness (QED) is 0.643. The molecule has 0 aromatic heterocycles. The maximum atomic E-state index is 2.37. The summed E-state index contributed by atoms with van der Waals surface area (Å²) in [6.07, 6.45) is 5.14. The van der Waals surface area contributed by atoms with Gasteiger partial charge in [0.25, 0.3) is 0 Å². The summed E-state index contributed by atoms with van der Waals surface area (Å²) in [5, 5.41) is 0. The van der Waals surface area contributed by atoms with Crippen LogP contribution in [0.5, 0.6) is 0 Å². The van der Waals surface area contributed by atoms with Crippen molar-refractivity contribution in [2.45, 2.75) is 46.5 Å². The summed E-state index contributed by atoms with van der Waals surface area (Å²) in [6.45, 7) is 7.02. The van der Waals surface area contributed by atoms with Crippen LogP contribution in [0.3, 0.4) is 0 Å². The van der Waals surface area contributed by atoms with Gasteiger partial charge in [0.1, 0.15) is 0 Å². The zero-order chi connectivity index (χ0) is 10.4. The molecule has 0 spiro atoms. The molecule has 0 aliphatic rings. The molecule has 14 heavy (non-hydrogen) atoms. The molecule has 0 atom stereocenters. The van der Waals surface area contributed by atoms with E-state index in [0.29, 0.717) is 5.41 Å². The molecule has 0 fully saturated rings. The predicted octanol–water partition coefficient (Wildman–Crippen LogP) is 4.45. The summed E-state index contributed by atoms with van der Waals surface area (Å²) < 4.78 is 0. The zero-order valence-electron chi connectivity index (χ0n) is 9.72. The Balaban J connectivity index is 2.40. The van der Waals surface area contributed by atoms with E-state index in [2.05, 4.69) is 51.1 Å². The molecule has 0 unspecified atom stereocenters. The fraction of sp³-hybridized carbons (Fsp3) is 0.571. The SMILES string of the molecule is CCCC(C)(C)CCc1ccccc1. The fourth-order valence-electron chi connectivity index (χ4n) is 1.93. The Hall–Kier alpha value is -0.780. The monoisotopic (exact) mass is 190 g/mol. The molecule has 0 bridgehead atoms. The van der Waals surface area contributed by atoms with E-state index < -0.39 is 0 Å². The Morgan fingerprint density at radius 1 is 1.00 bits per heavy atom. The van der Waals surface area contributed by atoms with E-state index in [4.69, 9.17) is 0 Å². The summed E-state index contributed by atoms with van der Waals surface area (Å²) in [7, 11) is 0. The molecule has 1 rings (SSSR count). The minimum atomic E-state index is 0.505. The van der Waals surface area contributed by atoms with Gasteiger partial charge in [0.05, 0.1) is 0 Å². The van der Waals surface area contributed by atoms with Gasteiger partial charge in [0, 0.05) is 0 Å². The van der Waals surface area contributed by atoms with Crippen LogP contribution in [0.15, 0.2) is 30.3 Å². The van der Waals surface area contributed by atoms with Gasteiger partial charge >= 0.3 is 0 Å². The normalized spacial score (nSPS) is 11.6. The zero-order valence-corrected chi connectivity index (χ0v) is 9.72. The molecule has 0 heteroatoms. The highest BCUT2D eigenvalue weighted by Crippen LogP contribution is 2.28. The highest BCUT2D eigenvalue weighted by atomic mass is 14.2. The van der Waals surface area contributed by atoms with Crippen LogP contribution >= 0.6 is 0 Å². The molecular weight excluding hydrogens is 168 g/mol. The van der Waals surface area contributed by atoms with E-state index in [0.717, 1.165) is 0 Å². The Labute approximate surface area is 88.4 Å². The highest BCUT2D eigenvalue weighted by Gasteiger charge is 2.15. The molecule has 0 N–H and O–H groups in total. The van der Waals surface area contributed by atoms with Crippen molar-refractivity contribution in [2.24, 2.45) is 5.41 Å². The second-order valence-corrected chi connectivity index (χ2v) is 4.90. The molecule has 0 saturated heterocycles. The van der Waals surface area contributed by atoms with Crippen LogP contribution in [0.4, 0.5) is 0 Å². The Kier molecular flexibility index (Phi) is 4.19. The lowest BCUT2D eigenvalue weighted by molar-refractivity contribution is 0.304. The van der Waals surface area contributed by atoms with Crippen LogP contribution in [-0.2, 0) is 6.42 Å². The second-order valence-electron chi connectivity index (χ2n) is 4.90. The van der Waals surface area contributed by atoms with Gasteiger partial charge in [-0.2, -0.15) is 0 Å². The first-order chi connectivity index (χ1) is 6.64. The molecule has 1 aromatic carbocycles. The third kappa shape index (κ3) is 3.95. The topological polar surface area (TPSA) is 0 Å². The van der Waals surface area contributed by atoms with Crippen molar-refractivity contribution in [3.63, 3.8) is 0 Å². The molecule has 0 radical (unpaired) electrons. The van der Waals surface area contributed by atoms with Crippen molar-refractivity contribution in [1.82, 2.24) is 0 Å². The van der Waals surface area contributed by atoms with Crippen LogP contribution in [0.2, 0.25) is 0 Å². The van der Waals surface area contributed by atoms with E-state index in [-0.39, 0.29) is 0 Å². The van der Waals surface area contributed by atoms with Crippen LogP contribution in [0.1, 0.15) is 45.6 Å². The molecule has 0 amide bonds. The third-order valence-electron chi connectivity index (χ3n) is 2.86. The van der Waals surface area contributed by atoms with Gasteiger partial charge in [-0.1, -0.05) is 57.5 Å². The average molecular weight is 190 g/mol. The largest absolute Gasteiger partial charge is 0.0654 e. The lowest BCUT2D eigenvalue weighted by Gasteiger charge is -2.23. The highest BCUT2D eigenvalue weighted by molar-refractivity contribution is 5.14. The summed E-state index contributed by atoms with van der Waals surface area (Å²) >= 11 is 0. The van der Waals surface area contributed by atoms with E-state index in [1.165, 1.54) is 31.2 Å². The van der Waals surface area contributed by atoms with Crippen molar-refractivity contribution in [2.75, 3.05) is 0 Å². The van der Waals surface area contributed by atoms with Crippen molar-refractivity contribution < 1.29 is 0 Å². The molecule has 0 nitrogen and oxygen atoms in total. The maximum absolute atomic E-state index is 2.37. The molecule has 0 heterocycles. The molecule has 78 valence electrons. The first kappa shape index (κ1) is 11.3. The van der Waals surface area contributed by atoms with Crippen LogP contribution in [0, 0.1) is 5.41 Å². The summed E-state index contributed by atoms with van der Waals surface area (Å²) in [6, 6.07) is 10.8. The van der Waals surface area contributed by atoms with Gasteiger partial charge in [-0.3, -0.25) is 0 Å². The number of hydrogen-bond donors (Lipinski definition) is 0. The summed E-state index contributed by atoms with van der Waals surface area (Å²) in [4.78, 5) is 0. The van der Waals surface area contributed by atoms with Gasteiger partial charge in [-0.15, -0.1) is 0 Å². The van der Waals surface area contributed by atoms with E-state index in [9.17, 15) is 0 Å². The predicted molar refractivity (Wildman–Crippen MR) is 63.5 cm³/mol. The molecular formula is C14H22. The minimum absolute atomic E-state index is 0.505. The first-order valence-corrected chi connectivity index (χ1v) is 5.68. The van der Waals surface area contributed by atoms with Gasteiger partial charge in [0.15, 0.2) is 0 Å². The average Bonchev–Trinajstić information content (AvgIpc) is 2.17. The van der Waals surface area contributed by atoms with Gasteiger partial charge in [-0.25, -0.2) is 0 Å². The minimum Gasteiger partial charge on any atom is -0.0654 e. The number of hydrogen-bond acceptors (Lipinski definition) is 0. The Morgan fingerprint density at radius 2 is 1.64 bits per heavy atom.